The van der Waals surface area contributed by atoms with Gasteiger partial charge in [-0.1, -0.05) is 11.8 Å². The van der Waals surface area contributed by atoms with E-state index >= 15 is 0 Å². The number of rotatable bonds is 3. The van der Waals surface area contributed by atoms with Gasteiger partial charge in [0.15, 0.2) is 0 Å². The molecule has 0 amide bonds. The lowest BCUT2D eigenvalue weighted by Gasteiger charge is -2.03. The molecule has 4 nitrogen and oxygen atoms in total. The van der Waals surface area contributed by atoms with Crippen molar-refractivity contribution in [1.82, 2.24) is 0 Å². The first-order valence-electron chi connectivity index (χ1n) is 5.22. The highest BCUT2D eigenvalue weighted by molar-refractivity contribution is 14.1. The second kappa shape index (κ2) is 6.04. The minimum atomic E-state index is -0.418. The molecule has 94 valence electrons. The van der Waals surface area contributed by atoms with Crippen LogP contribution in [0.3, 0.4) is 0 Å². The summed E-state index contributed by atoms with van der Waals surface area (Å²) in [4.78, 5) is 12.1. The van der Waals surface area contributed by atoms with Crippen molar-refractivity contribution < 1.29 is 4.92 Å². The van der Waals surface area contributed by atoms with E-state index in [1.54, 1.807) is 18.2 Å². The van der Waals surface area contributed by atoms with E-state index in [9.17, 15) is 10.1 Å². The van der Waals surface area contributed by atoms with Crippen molar-refractivity contribution in [2.45, 2.75) is 9.79 Å². The number of nitriles is 1. The van der Waals surface area contributed by atoms with Gasteiger partial charge in [-0.05, 0) is 52.9 Å². The van der Waals surface area contributed by atoms with Gasteiger partial charge in [0.2, 0.25) is 0 Å². The predicted molar refractivity (Wildman–Crippen MR) is 81.1 cm³/mol. The van der Waals surface area contributed by atoms with Crippen molar-refractivity contribution in [3.8, 4) is 6.07 Å². The first-order valence-corrected chi connectivity index (χ1v) is 7.11. The zero-order chi connectivity index (χ0) is 13.8. The molecule has 0 spiro atoms. The molecule has 0 aromatic heterocycles. The Bertz CT molecular complexity index is 665. The van der Waals surface area contributed by atoms with Crippen molar-refractivity contribution in [3.05, 3.63) is 61.7 Å². The second-order valence-corrected chi connectivity index (χ2v) is 5.92. The molecular weight excluding hydrogens is 375 g/mol. The van der Waals surface area contributed by atoms with Crippen molar-refractivity contribution in [2.24, 2.45) is 0 Å². The average Bonchev–Trinajstić information content (AvgIpc) is 2.39. The maximum atomic E-state index is 10.6. The van der Waals surface area contributed by atoms with Gasteiger partial charge in [0.05, 0.1) is 10.5 Å². The van der Waals surface area contributed by atoms with Crippen LogP contribution in [-0.2, 0) is 0 Å². The molecule has 0 radical (unpaired) electrons. The van der Waals surface area contributed by atoms with Crippen LogP contribution in [0.5, 0.6) is 0 Å². The molecule has 2 rings (SSSR count). The maximum Gasteiger partial charge on any atom is 0.269 e. The lowest BCUT2D eigenvalue weighted by atomic mass is 10.2. The minimum absolute atomic E-state index is 0.0822. The Morgan fingerprint density at radius 2 is 1.79 bits per heavy atom. The highest BCUT2D eigenvalue weighted by Crippen LogP contribution is 2.30. The van der Waals surface area contributed by atoms with Crippen LogP contribution in [0.1, 0.15) is 5.56 Å². The number of nitrogens with zero attached hydrogens (tertiary/aromatic N) is 2. The van der Waals surface area contributed by atoms with Gasteiger partial charge in [-0.3, -0.25) is 10.1 Å². The van der Waals surface area contributed by atoms with Gasteiger partial charge in [-0.2, -0.15) is 5.26 Å². The van der Waals surface area contributed by atoms with E-state index in [1.165, 1.54) is 23.9 Å². The first-order chi connectivity index (χ1) is 9.10. The van der Waals surface area contributed by atoms with Crippen LogP contribution in [0.25, 0.3) is 0 Å². The van der Waals surface area contributed by atoms with Crippen molar-refractivity contribution in [1.29, 1.82) is 5.26 Å². The van der Waals surface area contributed by atoms with Gasteiger partial charge in [0.1, 0.15) is 6.07 Å². The van der Waals surface area contributed by atoms with Gasteiger partial charge in [0, 0.05) is 25.5 Å². The van der Waals surface area contributed by atoms with E-state index in [4.69, 9.17) is 5.26 Å². The molecule has 0 heterocycles. The summed E-state index contributed by atoms with van der Waals surface area (Å²) in [5, 5.41) is 19.4. The molecule has 0 aliphatic rings. The van der Waals surface area contributed by atoms with Crippen LogP contribution in [-0.4, -0.2) is 4.92 Å². The number of benzene rings is 2. The molecule has 6 heteroatoms. The Kier molecular flexibility index (Phi) is 4.39. The van der Waals surface area contributed by atoms with Crippen LogP contribution < -0.4 is 0 Å². The standard InChI is InChI=1S/C13H7IN2O2S/c14-13-7-12(4-1-9(13)8-15)19-11-5-2-10(3-6-11)16(17)18/h1-7H. The number of non-ortho nitro benzene ring substituents is 1. The lowest BCUT2D eigenvalue weighted by Crippen LogP contribution is -1.86. The highest BCUT2D eigenvalue weighted by atomic mass is 127. The fourth-order valence-electron chi connectivity index (χ4n) is 1.42. The highest BCUT2D eigenvalue weighted by Gasteiger charge is 2.06. The molecule has 0 bridgehead atoms. The summed E-state index contributed by atoms with van der Waals surface area (Å²) in [5.41, 5.74) is 0.729. The lowest BCUT2D eigenvalue weighted by molar-refractivity contribution is -0.384. The molecule has 0 aliphatic heterocycles. The molecule has 0 aliphatic carbocycles. The summed E-state index contributed by atoms with van der Waals surface area (Å²) in [6.07, 6.45) is 0. The predicted octanol–water partition coefficient (Wildman–Crippen LogP) is 4.22. The molecule has 0 N–H and O–H groups in total. The quantitative estimate of drug-likeness (QED) is 0.453. The van der Waals surface area contributed by atoms with Gasteiger partial charge in [-0.25, -0.2) is 0 Å². The van der Waals surface area contributed by atoms with Crippen LogP contribution in [0.4, 0.5) is 5.69 Å². The summed E-state index contributed by atoms with van der Waals surface area (Å²) in [5.74, 6) is 0. The number of hydrogen-bond donors (Lipinski definition) is 0. The monoisotopic (exact) mass is 382 g/mol. The molecule has 2 aromatic rings. The third-order valence-electron chi connectivity index (χ3n) is 2.34. The summed E-state index contributed by atoms with van der Waals surface area (Å²) >= 11 is 3.62. The van der Waals surface area contributed by atoms with Gasteiger partial charge in [-0.15, -0.1) is 0 Å². The zero-order valence-electron chi connectivity index (χ0n) is 9.54. The van der Waals surface area contributed by atoms with Crippen molar-refractivity contribution in [3.63, 3.8) is 0 Å². The van der Waals surface area contributed by atoms with Crippen molar-refractivity contribution in [2.75, 3.05) is 0 Å². The Labute approximate surface area is 127 Å². The number of nitro groups is 1. The molecule has 0 fully saturated rings. The largest absolute Gasteiger partial charge is 0.269 e. The summed E-state index contributed by atoms with van der Waals surface area (Å²) in [6.45, 7) is 0. The SMILES string of the molecule is N#Cc1ccc(Sc2ccc([N+](=O)[O-])cc2)cc1I. The Morgan fingerprint density at radius 3 is 2.32 bits per heavy atom. The number of halogens is 1. The molecule has 0 saturated carbocycles. The van der Waals surface area contributed by atoms with Crippen LogP contribution in [0.15, 0.2) is 52.3 Å². The molecule has 0 atom stereocenters. The third-order valence-corrected chi connectivity index (χ3v) is 4.23. The van der Waals surface area contributed by atoms with Gasteiger partial charge < -0.3 is 0 Å². The normalized spacial score (nSPS) is 9.89. The van der Waals surface area contributed by atoms with Gasteiger partial charge in [0.25, 0.3) is 5.69 Å². The Morgan fingerprint density at radius 1 is 1.16 bits per heavy atom. The topological polar surface area (TPSA) is 66.9 Å². The number of hydrogen-bond acceptors (Lipinski definition) is 4. The molecule has 19 heavy (non-hydrogen) atoms. The van der Waals surface area contributed by atoms with Crippen LogP contribution >= 0.6 is 34.4 Å². The van der Waals surface area contributed by atoms with E-state index in [0.717, 1.165) is 13.4 Å². The molecule has 0 unspecified atom stereocenters. The average molecular weight is 382 g/mol. The van der Waals surface area contributed by atoms with Crippen LogP contribution in [0, 0.1) is 25.0 Å². The fourth-order valence-corrected chi connectivity index (χ4v) is 3.13. The van der Waals surface area contributed by atoms with Gasteiger partial charge >= 0.3 is 0 Å². The van der Waals surface area contributed by atoms with E-state index in [2.05, 4.69) is 28.7 Å². The first kappa shape index (κ1) is 13.8. The molecule has 0 saturated heterocycles. The van der Waals surface area contributed by atoms with Crippen LogP contribution in [0.2, 0.25) is 0 Å². The van der Waals surface area contributed by atoms with Crippen molar-refractivity contribution >= 4 is 40.0 Å². The second-order valence-electron chi connectivity index (χ2n) is 3.61. The summed E-state index contributed by atoms with van der Waals surface area (Å²) in [7, 11) is 0. The number of nitro benzene ring substituents is 1. The van der Waals surface area contributed by atoms with E-state index < -0.39 is 4.92 Å². The minimum Gasteiger partial charge on any atom is -0.258 e. The molecular formula is C13H7IN2O2S. The Hall–Kier alpha value is -1.59. The summed E-state index contributed by atoms with van der Waals surface area (Å²) < 4.78 is 0.895. The maximum absolute atomic E-state index is 10.6. The fraction of sp³-hybridized carbons (Fsp3) is 0. The summed E-state index contributed by atoms with van der Waals surface area (Å²) in [6, 6.07) is 14.1. The zero-order valence-corrected chi connectivity index (χ0v) is 12.5. The third kappa shape index (κ3) is 3.45. The van der Waals surface area contributed by atoms with E-state index in [1.807, 2.05) is 12.1 Å². The molecule has 2 aromatic carbocycles. The Balaban J connectivity index is 2.19. The smallest absolute Gasteiger partial charge is 0.258 e. The van der Waals surface area contributed by atoms with E-state index in [-0.39, 0.29) is 5.69 Å². The van der Waals surface area contributed by atoms with E-state index in [0.29, 0.717) is 5.56 Å².